The summed E-state index contributed by atoms with van der Waals surface area (Å²) >= 11 is 1.77. The van der Waals surface area contributed by atoms with E-state index >= 15 is 0 Å². The van der Waals surface area contributed by atoms with Gasteiger partial charge in [-0.05, 0) is 58.7 Å². The van der Waals surface area contributed by atoms with E-state index in [9.17, 15) is 0 Å². The van der Waals surface area contributed by atoms with Crippen LogP contribution in [0.3, 0.4) is 0 Å². The van der Waals surface area contributed by atoms with Gasteiger partial charge in [0.25, 0.3) is 0 Å². The first-order valence-electron chi connectivity index (χ1n) is 19.3. The lowest BCUT2D eigenvalue weighted by Crippen LogP contribution is -2.03. The Morgan fingerprint density at radius 1 is 0.386 bits per heavy atom. The zero-order chi connectivity index (χ0) is 37.2. The van der Waals surface area contributed by atoms with E-state index in [1.54, 1.807) is 11.3 Å². The van der Waals surface area contributed by atoms with Crippen molar-refractivity contribution in [3.05, 3.63) is 182 Å². The maximum atomic E-state index is 5.55. The second kappa shape index (κ2) is 11.6. The average molecular weight is 743 g/mol. The van der Waals surface area contributed by atoms with Crippen molar-refractivity contribution in [1.29, 1.82) is 0 Å². The fraction of sp³-hybridized carbons (Fsp3) is 0. The molecule has 57 heavy (non-hydrogen) atoms. The van der Waals surface area contributed by atoms with Crippen LogP contribution < -0.4 is 0 Å². The molecular weight excluding hydrogens is 713 g/mol. The summed E-state index contributed by atoms with van der Waals surface area (Å²) in [6, 6.07) is 65.7. The quantitative estimate of drug-likeness (QED) is 0.180. The summed E-state index contributed by atoms with van der Waals surface area (Å²) in [5.41, 5.74) is 13.7. The van der Waals surface area contributed by atoms with Gasteiger partial charge in [-0.3, -0.25) is 4.57 Å². The van der Waals surface area contributed by atoms with Gasteiger partial charge in [0.15, 0.2) is 0 Å². The number of benzene rings is 8. The molecule has 13 aromatic rings. The molecule has 0 aliphatic carbocycles. The Kier molecular flexibility index (Phi) is 6.29. The maximum absolute atomic E-state index is 5.55. The second-order valence-electron chi connectivity index (χ2n) is 14.9. The topological polar surface area (TPSA) is 35.1 Å². The van der Waals surface area contributed by atoms with Crippen LogP contribution in [0.15, 0.2) is 182 Å². The third-order valence-corrected chi connectivity index (χ3v) is 13.0. The summed E-state index contributed by atoms with van der Waals surface area (Å²) in [6.45, 7) is 0. The minimum atomic E-state index is 0.674. The minimum absolute atomic E-state index is 0.674. The van der Waals surface area contributed by atoms with Crippen molar-refractivity contribution in [2.75, 3.05) is 0 Å². The van der Waals surface area contributed by atoms with E-state index in [2.05, 4.69) is 191 Å². The summed E-state index contributed by atoms with van der Waals surface area (Å²) in [6.07, 6.45) is 0. The SMILES string of the molecule is c1ccc(-c2ccc(-c3ccc4c(c3)c3cc5c6ccccc6n6c7ccccc7c(c3n4-c3nc(-c4ccccc4)c4sc7ccccc7c4n3)c56)cc2)cc1. The number of hydrogen-bond donors (Lipinski definition) is 0. The highest BCUT2D eigenvalue weighted by Gasteiger charge is 2.26. The Labute approximate surface area is 330 Å². The summed E-state index contributed by atoms with van der Waals surface area (Å²) in [5.74, 6) is 0.674. The molecule has 0 aliphatic rings. The second-order valence-corrected chi connectivity index (χ2v) is 16.0. The molecule has 0 amide bonds. The van der Waals surface area contributed by atoms with Crippen molar-refractivity contribution in [3.8, 4) is 39.5 Å². The fourth-order valence-electron chi connectivity index (χ4n) is 9.35. The molecule has 8 aromatic carbocycles. The smallest absolute Gasteiger partial charge is 0.235 e. The van der Waals surface area contributed by atoms with Crippen molar-refractivity contribution in [2.45, 2.75) is 0 Å². The van der Waals surface area contributed by atoms with E-state index in [1.807, 2.05) is 0 Å². The molecule has 0 radical (unpaired) electrons. The maximum Gasteiger partial charge on any atom is 0.235 e. The first-order valence-corrected chi connectivity index (χ1v) is 20.2. The van der Waals surface area contributed by atoms with E-state index in [4.69, 9.17) is 9.97 Å². The molecule has 0 saturated heterocycles. The van der Waals surface area contributed by atoms with Gasteiger partial charge < -0.3 is 4.40 Å². The monoisotopic (exact) mass is 742 g/mol. The Balaban J connectivity index is 1.18. The zero-order valence-electron chi connectivity index (χ0n) is 30.5. The number of nitrogens with zero attached hydrogens (tertiary/aromatic N) is 4. The normalized spacial score (nSPS) is 12.2. The largest absolute Gasteiger partial charge is 0.308 e. The van der Waals surface area contributed by atoms with E-state index in [0.29, 0.717) is 5.95 Å². The number of rotatable bonds is 4. The number of aromatic nitrogens is 4. The molecule has 0 N–H and O–H groups in total. The summed E-state index contributed by atoms with van der Waals surface area (Å²) < 4.78 is 7.12. The van der Waals surface area contributed by atoms with Crippen LogP contribution in [0, 0.1) is 0 Å². The molecule has 0 saturated carbocycles. The van der Waals surface area contributed by atoms with Crippen molar-refractivity contribution < 1.29 is 0 Å². The average Bonchev–Trinajstić information content (AvgIpc) is 4.02. The third-order valence-electron chi connectivity index (χ3n) is 11.9. The highest BCUT2D eigenvalue weighted by atomic mass is 32.1. The van der Waals surface area contributed by atoms with Crippen molar-refractivity contribution in [3.63, 3.8) is 0 Å². The van der Waals surface area contributed by atoms with E-state index in [-0.39, 0.29) is 0 Å². The van der Waals surface area contributed by atoms with Gasteiger partial charge in [-0.1, -0.05) is 146 Å². The van der Waals surface area contributed by atoms with Gasteiger partial charge >= 0.3 is 0 Å². The van der Waals surface area contributed by atoms with Crippen LogP contribution in [0.4, 0.5) is 0 Å². The Morgan fingerprint density at radius 2 is 0.965 bits per heavy atom. The fourth-order valence-corrected chi connectivity index (χ4v) is 10.5. The molecule has 13 rings (SSSR count). The van der Waals surface area contributed by atoms with Crippen LogP contribution in [0.25, 0.3) is 120 Å². The van der Waals surface area contributed by atoms with Crippen molar-refractivity contribution >= 4 is 91.5 Å². The number of fused-ring (bicyclic) bond motifs is 13. The van der Waals surface area contributed by atoms with Gasteiger partial charge in [-0.15, -0.1) is 11.3 Å². The van der Waals surface area contributed by atoms with Gasteiger partial charge in [0.05, 0.1) is 43.5 Å². The van der Waals surface area contributed by atoms with E-state index in [1.165, 1.54) is 75.8 Å². The molecule has 5 heteroatoms. The van der Waals surface area contributed by atoms with Gasteiger partial charge in [-0.2, -0.15) is 0 Å². The molecule has 5 aromatic heterocycles. The number of thiophene rings is 1. The lowest BCUT2D eigenvalue weighted by molar-refractivity contribution is 1.02. The van der Waals surface area contributed by atoms with Crippen molar-refractivity contribution in [2.24, 2.45) is 0 Å². The van der Waals surface area contributed by atoms with Gasteiger partial charge in [-0.25, -0.2) is 9.97 Å². The van der Waals surface area contributed by atoms with Gasteiger partial charge in [0.2, 0.25) is 5.95 Å². The van der Waals surface area contributed by atoms with Crippen LogP contribution in [-0.2, 0) is 0 Å². The molecule has 0 unspecified atom stereocenters. The van der Waals surface area contributed by atoms with Crippen LogP contribution >= 0.6 is 11.3 Å². The minimum Gasteiger partial charge on any atom is -0.308 e. The van der Waals surface area contributed by atoms with Crippen LogP contribution in [0.5, 0.6) is 0 Å². The molecule has 0 bridgehead atoms. The molecular formula is C52H30N4S. The molecule has 4 nitrogen and oxygen atoms in total. The molecule has 0 spiro atoms. The van der Waals surface area contributed by atoms with Crippen LogP contribution in [-0.4, -0.2) is 18.9 Å². The Hall–Kier alpha value is -7.34. The summed E-state index contributed by atoms with van der Waals surface area (Å²) in [5, 5.41) is 8.47. The van der Waals surface area contributed by atoms with Gasteiger partial charge in [0.1, 0.15) is 0 Å². The number of para-hydroxylation sites is 2. The first kappa shape index (κ1) is 30.9. The summed E-state index contributed by atoms with van der Waals surface area (Å²) in [4.78, 5) is 11.1. The summed E-state index contributed by atoms with van der Waals surface area (Å²) in [7, 11) is 0. The Morgan fingerprint density at radius 3 is 1.74 bits per heavy atom. The van der Waals surface area contributed by atoms with Crippen molar-refractivity contribution in [1.82, 2.24) is 18.9 Å². The zero-order valence-corrected chi connectivity index (χ0v) is 31.3. The Bertz CT molecular complexity index is 3730. The van der Waals surface area contributed by atoms with E-state index < -0.39 is 0 Å². The first-order chi connectivity index (χ1) is 28.3. The molecule has 0 atom stereocenters. The lowest BCUT2D eigenvalue weighted by Gasteiger charge is -2.11. The standard InChI is InChI=1S/C52H30N4S/c1-3-13-31(14-4-1)32-23-25-33(26-24-32)35-27-28-44-39(29-35)41-30-40-36-17-7-10-20-42(36)55-43-21-11-8-18-37(43)46(49(40)55)50(41)56(44)52-53-47(34-15-5-2-6-16-34)51-48(54-52)38-19-9-12-22-45(38)57-51/h1-30H. The van der Waals surface area contributed by atoms with Crippen LogP contribution in [0.1, 0.15) is 0 Å². The van der Waals surface area contributed by atoms with Gasteiger partial charge in [0, 0.05) is 48.0 Å². The van der Waals surface area contributed by atoms with Crippen LogP contribution in [0.2, 0.25) is 0 Å². The molecule has 5 heterocycles. The number of hydrogen-bond acceptors (Lipinski definition) is 3. The molecule has 264 valence electrons. The highest BCUT2D eigenvalue weighted by molar-refractivity contribution is 7.26. The predicted octanol–water partition coefficient (Wildman–Crippen LogP) is 14.1. The predicted molar refractivity (Wildman–Crippen MR) is 240 cm³/mol. The van der Waals surface area contributed by atoms with E-state index in [0.717, 1.165) is 37.9 Å². The molecule has 0 fully saturated rings. The lowest BCUT2D eigenvalue weighted by atomic mass is 9.98. The molecule has 0 aliphatic heterocycles. The highest BCUT2D eigenvalue weighted by Crippen LogP contribution is 2.47. The third kappa shape index (κ3) is 4.32.